The van der Waals surface area contributed by atoms with Gasteiger partial charge in [-0.2, -0.15) is 0 Å². The molecule has 2 N–H and O–H groups in total. The van der Waals surface area contributed by atoms with Crippen LogP contribution in [0.25, 0.3) is 0 Å². The zero-order chi connectivity index (χ0) is 16.3. The summed E-state index contributed by atoms with van der Waals surface area (Å²) >= 11 is 5.91. The van der Waals surface area contributed by atoms with Crippen molar-refractivity contribution in [3.63, 3.8) is 0 Å². The Morgan fingerprint density at radius 3 is 2.68 bits per heavy atom. The van der Waals surface area contributed by atoms with E-state index in [0.29, 0.717) is 29.5 Å². The van der Waals surface area contributed by atoms with Crippen LogP contribution in [0.5, 0.6) is 5.75 Å². The van der Waals surface area contributed by atoms with Gasteiger partial charge in [0.15, 0.2) is 0 Å². The minimum Gasteiger partial charge on any atom is -0.496 e. The average Bonchev–Trinajstić information content (AvgIpc) is 2.91. The molecule has 2 rings (SSSR count). The van der Waals surface area contributed by atoms with E-state index in [2.05, 4.69) is 0 Å². The Labute approximate surface area is 134 Å². The highest BCUT2D eigenvalue weighted by atomic mass is 35.5. The van der Waals surface area contributed by atoms with Crippen LogP contribution in [0, 0.1) is 11.8 Å². The van der Waals surface area contributed by atoms with Gasteiger partial charge in [0.1, 0.15) is 5.75 Å². The van der Waals surface area contributed by atoms with Crippen LogP contribution >= 0.6 is 11.6 Å². The second kappa shape index (κ2) is 6.98. The normalized spacial score (nSPS) is 21.0. The minimum absolute atomic E-state index is 0.0928. The van der Waals surface area contributed by atoms with Crippen LogP contribution in [0.4, 0.5) is 0 Å². The molecule has 0 spiro atoms. The van der Waals surface area contributed by atoms with Gasteiger partial charge in [-0.05, 0) is 18.2 Å². The van der Waals surface area contributed by atoms with Gasteiger partial charge in [0.2, 0.25) is 5.91 Å². The van der Waals surface area contributed by atoms with Gasteiger partial charge < -0.3 is 20.1 Å². The number of carbonyl (C=O) groups excluding carboxylic acids is 2. The third-order valence-electron chi connectivity index (χ3n) is 3.87. The van der Waals surface area contributed by atoms with Crippen molar-refractivity contribution in [3.8, 4) is 5.75 Å². The van der Waals surface area contributed by atoms with E-state index in [9.17, 15) is 9.59 Å². The molecule has 0 unspecified atom stereocenters. The summed E-state index contributed by atoms with van der Waals surface area (Å²) in [7, 11) is 3.04. The summed E-state index contributed by atoms with van der Waals surface area (Å²) in [4.78, 5) is 25.8. The highest BCUT2D eigenvalue weighted by Crippen LogP contribution is 2.29. The predicted molar refractivity (Wildman–Crippen MR) is 82.0 cm³/mol. The zero-order valence-electron chi connectivity index (χ0n) is 12.5. The Balaban J connectivity index is 2.22. The SMILES string of the molecule is COC[C@@H]1CN(C(=O)c2ccc(Cl)cc2OC)C[C@H]1C(N)=O. The number of hydrogen-bond donors (Lipinski definition) is 1. The van der Waals surface area contributed by atoms with Gasteiger partial charge in [-0.25, -0.2) is 0 Å². The third kappa shape index (κ3) is 3.34. The molecule has 0 saturated carbocycles. The highest BCUT2D eigenvalue weighted by molar-refractivity contribution is 6.30. The molecule has 1 aliphatic rings. The second-order valence-electron chi connectivity index (χ2n) is 5.28. The summed E-state index contributed by atoms with van der Waals surface area (Å²) < 4.78 is 10.3. The Kier molecular flexibility index (Phi) is 5.26. The molecule has 0 aromatic heterocycles. The number of benzene rings is 1. The van der Waals surface area contributed by atoms with E-state index in [-0.39, 0.29) is 18.4 Å². The first-order chi connectivity index (χ1) is 10.5. The molecule has 2 amide bonds. The van der Waals surface area contributed by atoms with Crippen LogP contribution in [0.15, 0.2) is 18.2 Å². The van der Waals surface area contributed by atoms with Crippen molar-refractivity contribution >= 4 is 23.4 Å². The van der Waals surface area contributed by atoms with Crippen LogP contribution in [-0.2, 0) is 9.53 Å². The molecule has 0 bridgehead atoms. The van der Waals surface area contributed by atoms with Crippen LogP contribution in [0.2, 0.25) is 5.02 Å². The van der Waals surface area contributed by atoms with Crippen LogP contribution in [0.1, 0.15) is 10.4 Å². The number of nitrogens with two attached hydrogens (primary N) is 1. The van der Waals surface area contributed by atoms with E-state index in [1.807, 2.05) is 0 Å². The first kappa shape index (κ1) is 16.6. The van der Waals surface area contributed by atoms with Gasteiger partial charge in [0, 0.05) is 31.1 Å². The Morgan fingerprint density at radius 2 is 2.09 bits per heavy atom. The van der Waals surface area contributed by atoms with Crippen LogP contribution in [-0.4, -0.2) is 50.6 Å². The van der Waals surface area contributed by atoms with E-state index >= 15 is 0 Å². The Bertz CT molecular complexity index is 579. The lowest BCUT2D eigenvalue weighted by atomic mass is 9.96. The number of amides is 2. The van der Waals surface area contributed by atoms with Gasteiger partial charge in [0.05, 0.1) is 25.2 Å². The van der Waals surface area contributed by atoms with Crippen molar-refractivity contribution in [1.82, 2.24) is 4.90 Å². The van der Waals surface area contributed by atoms with Crippen molar-refractivity contribution in [1.29, 1.82) is 0 Å². The molecule has 1 aromatic rings. The molecule has 1 aromatic carbocycles. The quantitative estimate of drug-likeness (QED) is 0.880. The number of carbonyl (C=O) groups is 2. The molecule has 2 atom stereocenters. The fourth-order valence-corrected chi connectivity index (χ4v) is 2.92. The smallest absolute Gasteiger partial charge is 0.257 e. The molecule has 1 aliphatic heterocycles. The monoisotopic (exact) mass is 326 g/mol. The van der Waals surface area contributed by atoms with Crippen molar-refractivity contribution in [2.45, 2.75) is 0 Å². The van der Waals surface area contributed by atoms with Gasteiger partial charge in [-0.1, -0.05) is 11.6 Å². The number of ether oxygens (including phenoxy) is 2. The predicted octanol–water partition coefficient (Wildman–Crippen LogP) is 1.17. The van der Waals surface area contributed by atoms with E-state index in [1.54, 1.807) is 30.2 Å². The van der Waals surface area contributed by atoms with E-state index < -0.39 is 11.8 Å². The number of hydrogen-bond acceptors (Lipinski definition) is 4. The molecule has 1 fully saturated rings. The maximum Gasteiger partial charge on any atom is 0.257 e. The van der Waals surface area contributed by atoms with Gasteiger partial charge in [-0.3, -0.25) is 9.59 Å². The number of likely N-dealkylation sites (tertiary alicyclic amines) is 1. The lowest BCUT2D eigenvalue weighted by molar-refractivity contribution is -0.122. The molecule has 0 radical (unpaired) electrons. The van der Waals surface area contributed by atoms with E-state index in [4.69, 9.17) is 26.8 Å². The molecule has 6 nitrogen and oxygen atoms in total. The molecule has 0 aliphatic carbocycles. The molecule has 120 valence electrons. The molecule has 22 heavy (non-hydrogen) atoms. The van der Waals surface area contributed by atoms with Crippen molar-refractivity contribution in [3.05, 3.63) is 28.8 Å². The van der Waals surface area contributed by atoms with Gasteiger partial charge >= 0.3 is 0 Å². The van der Waals surface area contributed by atoms with Crippen LogP contribution in [0.3, 0.4) is 0 Å². The Hall–Kier alpha value is -1.79. The highest BCUT2D eigenvalue weighted by Gasteiger charge is 2.39. The van der Waals surface area contributed by atoms with E-state index in [1.165, 1.54) is 7.11 Å². The van der Waals surface area contributed by atoms with Crippen molar-refractivity contribution in [2.24, 2.45) is 17.6 Å². The molecule has 1 heterocycles. The fraction of sp³-hybridized carbons (Fsp3) is 0.467. The van der Waals surface area contributed by atoms with Crippen molar-refractivity contribution in [2.75, 3.05) is 33.9 Å². The number of rotatable bonds is 5. The maximum atomic E-state index is 12.7. The lowest BCUT2D eigenvalue weighted by Crippen LogP contribution is -2.32. The molecular formula is C15H19ClN2O4. The number of halogens is 1. The molecular weight excluding hydrogens is 308 g/mol. The number of primary amides is 1. The lowest BCUT2D eigenvalue weighted by Gasteiger charge is -2.18. The first-order valence-corrected chi connectivity index (χ1v) is 7.26. The van der Waals surface area contributed by atoms with Gasteiger partial charge in [-0.15, -0.1) is 0 Å². The van der Waals surface area contributed by atoms with Crippen LogP contribution < -0.4 is 10.5 Å². The third-order valence-corrected chi connectivity index (χ3v) is 4.10. The number of methoxy groups -OCH3 is 2. The maximum absolute atomic E-state index is 12.7. The molecule has 7 heteroatoms. The zero-order valence-corrected chi connectivity index (χ0v) is 13.3. The number of nitrogens with zero attached hydrogens (tertiary/aromatic N) is 1. The Morgan fingerprint density at radius 1 is 1.36 bits per heavy atom. The standard InChI is InChI=1S/C15H19ClN2O4/c1-21-8-9-6-18(7-12(9)14(17)19)15(20)11-4-3-10(16)5-13(11)22-2/h3-5,9,12H,6-8H2,1-2H3,(H2,17,19)/t9-,12+/m0/s1. The van der Waals surface area contributed by atoms with Gasteiger partial charge in [0.25, 0.3) is 5.91 Å². The first-order valence-electron chi connectivity index (χ1n) is 6.89. The summed E-state index contributed by atoms with van der Waals surface area (Å²) in [5.41, 5.74) is 5.83. The van der Waals surface area contributed by atoms with E-state index in [0.717, 1.165) is 0 Å². The topological polar surface area (TPSA) is 81.9 Å². The minimum atomic E-state index is -0.416. The summed E-state index contributed by atoms with van der Waals surface area (Å²) in [6, 6.07) is 4.83. The summed E-state index contributed by atoms with van der Waals surface area (Å²) in [5.74, 6) is -0.714. The summed E-state index contributed by atoms with van der Waals surface area (Å²) in [5, 5.41) is 0.488. The largest absolute Gasteiger partial charge is 0.496 e. The summed E-state index contributed by atoms with van der Waals surface area (Å²) in [6.45, 7) is 1.09. The fourth-order valence-electron chi connectivity index (χ4n) is 2.75. The second-order valence-corrected chi connectivity index (χ2v) is 5.72. The summed E-state index contributed by atoms with van der Waals surface area (Å²) in [6.07, 6.45) is 0. The van der Waals surface area contributed by atoms with Crippen molar-refractivity contribution < 1.29 is 19.1 Å². The average molecular weight is 327 g/mol. The molecule has 1 saturated heterocycles.